The Morgan fingerprint density at radius 1 is 1.58 bits per heavy atom. The highest BCUT2D eigenvalue weighted by Crippen LogP contribution is 2.07. The minimum absolute atomic E-state index is 0. The van der Waals surface area contributed by atoms with Gasteiger partial charge in [-0.15, -0.1) is 12.4 Å². The number of nitrogens with two attached hydrogens (primary N) is 1. The Bertz CT molecular complexity index is 147. The van der Waals surface area contributed by atoms with Crippen LogP contribution in [-0.4, -0.2) is 23.4 Å². The average molecular weight is 214 g/mol. The Hall–Kier alpha value is 0.0700. The smallest absolute Gasteiger partial charge is 0.324 e. The first-order valence-corrected chi connectivity index (χ1v) is 4.09. The quantitative estimate of drug-likeness (QED) is 0.532. The summed E-state index contributed by atoms with van der Waals surface area (Å²) in [5, 5.41) is 0. The number of hydrogen-bond donors (Lipinski definition) is 2. The fraction of sp³-hybridized carbons (Fsp3) is 0.857. The largest absolute Gasteiger partial charge is 0.459 e. The highest BCUT2D eigenvalue weighted by molar-refractivity contribution is 7.80. The molecule has 0 aliphatic rings. The van der Waals surface area contributed by atoms with Crippen molar-refractivity contribution in [1.29, 1.82) is 0 Å². The lowest BCUT2D eigenvalue weighted by Crippen LogP contribution is -2.38. The molecular weight excluding hydrogens is 198 g/mol. The number of ether oxygens (including phenoxy) is 1. The molecule has 0 amide bonds. The predicted octanol–water partition coefficient (Wildman–Crippen LogP) is 1.01. The third-order valence-electron chi connectivity index (χ3n) is 0.906. The minimum atomic E-state index is -0.613. The molecule has 74 valence electrons. The molecule has 0 aromatic rings. The number of hydrogen-bond acceptors (Lipinski definition) is 4. The molecule has 0 radical (unpaired) electrons. The molecule has 12 heavy (non-hydrogen) atoms. The molecule has 0 heterocycles. The molecule has 0 spiro atoms. The second-order valence-corrected chi connectivity index (χ2v) is 3.69. The van der Waals surface area contributed by atoms with E-state index in [1.54, 1.807) is 20.8 Å². The Balaban J connectivity index is 0. The van der Waals surface area contributed by atoms with Gasteiger partial charge in [0.1, 0.15) is 11.6 Å². The Labute approximate surface area is 84.9 Å². The molecular formula is C7H16ClNO2S. The molecule has 0 saturated carbocycles. The topological polar surface area (TPSA) is 52.3 Å². The fourth-order valence-electron chi connectivity index (χ4n) is 0.452. The maximum Gasteiger partial charge on any atom is 0.324 e. The molecule has 0 bridgehead atoms. The van der Waals surface area contributed by atoms with Crippen LogP contribution >= 0.6 is 25.0 Å². The SMILES string of the molecule is CC(C)(C)OC(=O)[C@@H](N)CS.Cl. The zero-order valence-electron chi connectivity index (χ0n) is 7.53. The van der Waals surface area contributed by atoms with E-state index in [2.05, 4.69) is 12.6 Å². The van der Waals surface area contributed by atoms with Gasteiger partial charge in [-0.25, -0.2) is 0 Å². The molecule has 0 aliphatic heterocycles. The van der Waals surface area contributed by atoms with Crippen LogP contribution in [0.4, 0.5) is 0 Å². The summed E-state index contributed by atoms with van der Waals surface area (Å²) in [4.78, 5) is 11.0. The summed E-state index contributed by atoms with van der Waals surface area (Å²) >= 11 is 3.88. The number of esters is 1. The van der Waals surface area contributed by atoms with Crippen LogP contribution in [0.15, 0.2) is 0 Å². The van der Waals surface area contributed by atoms with Crippen LogP contribution in [0.2, 0.25) is 0 Å². The van der Waals surface area contributed by atoms with E-state index in [9.17, 15) is 4.79 Å². The van der Waals surface area contributed by atoms with Crippen molar-refractivity contribution in [1.82, 2.24) is 0 Å². The third kappa shape index (κ3) is 6.76. The maximum atomic E-state index is 11.0. The number of carbonyl (C=O) groups is 1. The van der Waals surface area contributed by atoms with E-state index >= 15 is 0 Å². The van der Waals surface area contributed by atoms with E-state index in [-0.39, 0.29) is 12.4 Å². The molecule has 2 N–H and O–H groups in total. The van der Waals surface area contributed by atoms with E-state index in [0.717, 1.165) is 0 Å². The molecule has 0 aromatic carbocycles. The van der Waals surface area contributed by atoms with Gasteiger partial charge >= 0.3 is 5.97 Å². The normalized spacial score (nSPS) is 13.1. The van der Waals surface area contributed by atoms with Gasteiger partial charge < -0.3 is 10.5 Å². The van der Waals surface area contributed by atoms with E-state index in [1.165, 1.54) is 0 Å². The Kier molecular flexibility index (Phi) is 6.89. The van der Waals surface area contributed by atoms with Gasteiger partial charge in [-0.1, -0.05) is 0 Å². The van der Waals surface area contributed by atoms with E-state index in [1.807, 2.05) is 0 Å². The summed E-state index contributed by atoms with van der Waals surface area (Å²) in [6, 6.07) is -0.613. The van der Waals surface area contributed by atoms with Crippen molar-refractivity contribution < 1.29 is 9.53 Å². The van der Waals surface area contributed by atoms with E-state index < -0.39 is 17.6 Å². The molecule has 1 atom stereocenters. The first-order valence-electron chi connectivity index (χ1n) is 3.46. The lowest BCUT2D eigenvalue weighted by Gasteiger charge is -2.21. The summed E-state index contributed by atoms with van der Waals surface area (Å²) in [5.41, 5.74) is 4.91. The van der Waals surface area contributed by atoms with Crippen molar-refractivity contribution in [2.24, 2.45) is 5.73 Å². The first-order chi connectivity index (χ1) is 4.87. The second kappa shape index (κ2) is 5.67. The average Bonchev–Trinajstić information content (AvgIpc) is 1.82. The summed E-state index contributed by atoms with van der Waals surface area (Å²) in [7, 11) is 0. The van der Waals surface area contributed by atoms with Crippen molar-refractivity contribution in [2.45, 2.75) is 32.4 Å². The molecule has 0 aliphatic carbocycles. The molecule has 0 fully saturated rings. The molecule has 3 nitrogen and oxygen atoms in total. The molecule has 0 rings (SSSR count). The van der Waals surface area contributed by atoms with Gasteiger partial charge in [0, 0.05) is 5.75 Å². The van der Waals surface area contributed by atoms with Gasteiger partial charge in [-0.2, -0.15) is 12.6 Å². The Morgan fingerprint density at radius 2 is 2.00 bits per heavy atom. The van der Waals surface area contributed by atoms with Gasteiger partial charge in [-0.3, -0.25) is 4.79 Å². The van der Waals surface area contributed by atoms with Gasteiger partial charge in [0.2, 0.25) is 0 Å². The van der Waals surface area contributed by atoms with Gasteiger partial charge in [0.25, 0.3) is 0 Å². The summed E-state index contributed by atoms with van der Waals surface area (Å²) in [6.07, 6.45) is 0. The zero-order chi connectivity index (χ0) is 9.07. The van der Waals surface area contributed by atoms with Gasteiger partial charge in [-0.05, 0) is 20.8 Å². The highest BCUT2D eigenvalue weighted by Gasteiger charge is 2.20. The number of halogens is 1. The van der Waals surface area contributed by atoms with Crippen molar-refractivity contribution in [3.63, 3.8) is 0 Å². The summed E-state index contributed by atoms with van der Waals surface area (Å²) in [5.74, 6) is -0.0814. The molecule has 5 heteroatoms. The minimum Gasteiger partial charge on any atom is -0.459 e. The highest BCUT2D eigenvalue weighted by atomic mass is 35.5. The van der Waals surface area contributed by atoms with Crippen LogP contribution < -0.4 is 5.73 Å². The number of carbonyl (C=O) groups excluding carboxylic acids is 1. The van der Waals surface area contributed by atoms with Crippen molar-refractivity contribution in [3.8, 4) is 0 Å². The van der Waals surface area contributed by atoms with Crippen LogP contribution in [0.5, 0.6) is 0 Å². The summed E-state index contributed by atoms with van der Waals surface area (Å²) < 4.78 is 4.98. The summed E-state index contributed by atoms with van der Waals surface area (Å²) in [6.45, 7) is 5.41. The predicted molar refractivity (Wildman–Crippen MR) is 54.9 cm³/mol. The molecule has 0 saturated heterocycles. The fourth-order valence-corrected chi connectivity index (χ4v) is 0.601. The number of rotatable bonds is 2. The monoisotopic (exact) mass is 213 g/mol. The first kappa shape index (κ1) is 14.6. The van der Waals surface area contributed by atoms with Crippen molar-refractivity contribution in [3.05, 3.63) is 0 Å². The van der Waals surface area contributed by atoms with Crippen LogP contribution in [-0.2, 0) is 9.53 Å². The van der Waals surface area contributed by atoms with Crippen LogP contribution in [0.1, 0.15) is 20.8 Å². The Morgan fingerprint density at radius 3 is 2.25 bits per heavy atom. The third-order valence-corrected chi connectivity index (χ3v) is 1.30. The second-order valence-electron chi connectivity index (χ2n) is 3.32. The maximum absolute atomic E-state index is 11.0. The van der Waals surface area contributed by atoms with E-state index in [4.69, 9.17) is 10.5 Å². The lowest BCUT2D eigenvalue weighted by atomic mass is 10.2. The van der Waals surface area contributed by atoms with Crippen molar-refractivity contribution in [2.75, 3.05) is 5.75 Å². The lowest BCUT2D eigenvalue weighted by molar-refractivity contribution is -0.155. The molecule has 0 aromatic heterocycles. The van der Waals surface area contributed by atoms with E-state index in [0.29, 0.717) is 5.75 Å². The van der Waals surface area contributed by atoms with Crippen LogP contribution in [0.25, 0.3) is 0 Å². The van der Waals surface area contributed by atoms with Crippen LogP contribution in [0.3, 0.4) is 0 Å². The number of thiol groups is 1. The van der Waals surface area contributed by atoms with Crippen LogP contribution in [0, 0.1) is 0 Å². The van der Waals surface area contributed by atoms with Gasteiger partial charge in [0.15, 0.2) is 0 Å². The zero-order valence-corrected chi connectivity index (χ0v) is 9.24. The van der Waals surface area contributed by atoms with Crippen molar-refractivity contribution >= 4 is 31.0 Å². The standard InChI is InChI=1S/C7H15NO2S.ClH/c1-7(2,3)10-6(9)5(8)4-11;/h5,11H,4,8H2,1-3H3;1H/t5-;/m0./s1. The van der Waals surface area contributed by atoms with Gasteiger partial charge in [0.05, 0.1) is 0 Å². The molecule has 0 unspecified atom stereocenters.